The van der Waals surface area contributed by atoms with E-state index in [0.29, 0.717) is 0 Å². The number of nitrogen functional groups attached to an aromatic ring is 1. The average molecular weight is 266 g/mol. The lowest BCUT2D eigenvalue weighted by Gasteiger charge is -2.10. The van der Waals surface area contributed by atoms with Crippen LogP contribution in [0, 0.1) is 0 Å². The molecule has 0 aliphatic heterocycles. The number of anilines is 1. The van der Waals surface area contributed by atoms with Gasteiger partial charge in [-0.1, -0.05) is 5.11 Å². The summed E-state index contributed by atoms with van der Waals surface area (Å²) in [7, 11) is 0. The number of nitrogens with one attached hydrogen (secondary N) is 1. The summed E-state index contributed by atoms with van der Waals surface area (Å²) in [5, 5.41) is 12.2. The molecule has 1 unspecified atom stereocenters. The first kappa shape index (κ1) is 12.7. The van der Waals surface area contributed by atoms with Gasteiger partial charge < -0.3 is 15.7 Å². The molecule has 0 fully saturated rings. The summed E-state index contributed by atoms with van der Waals surface area (Å²) in [6.07, 6.45) is 1.23. The molecule has 2 heterocycles. The number of aromatic amines is 1. The number of H-pyrrole nitrogens is 1. The van der Waals surface area contributed by atoms with E-state index in [-0.39, 0.29) is 30.3 Å². The van der Waals surface area contributed by atoms with Crippen LogP contribution in [0.1, 0.15) is 0 Å². The molecule has 19 heavy (non-hydrogen) atoms. The van der Waals surface area contributed by atoms with Crippen molar-refractivity contribution < 1.29 is 9.94 Å². The van der Waals surface area contributed by atoms with Gasteiger partial charge in [-0.3, -0.25) is 9.78 Å². The number of nitrogens with two attached hydrogens (primary N) is 1. The maximum Gasteiger partial charge on any atom is 0.280 e. The van der Waals surface area contributed by atoms with E-state index in [1.165, 1.54) is 6.33 Å². The second-order valence-electron chi connectivity index (χ2n) is 3.53. The van der Waals surface area contributed by atoms with Gasteiger partial charge in [-0.25, -0.2) is 4.98 Å². The molecule has 0 saturated heterocycles. The molecule has 0 spiro atoms. The molecule has 11 heteroatoms. The molecule has 0 radical (unpaired) electrons. The van der Waals surface area contributed by atoms with E-state index in [1.807, 2.05) is 0 Å². The normalized spacial score (nSPS) is 12.1. The Bertz CT molecular complexity index is 685. The Balaban J connectivity index is 2.26. The number of aromatic nitrogens is 4. The Hall–Kier alpha value is -2.78. The lowest BCUT2D eigenvalue weighted by atomic mass is 10.4. The second-order valence-corrected chi connectivity index (χ2v) is 3.53. The Morgan fingerprint density at radius 2 is 2.53 bits per heavy atom. The Labute approximate surface area is 105 Å². The van der Waals surface area contributed by atoms with Crippen LogP contribution in [0.25, 0.3) is 21.6 Å². The highest BCUT2D eigenvalue weighted by Gasteiger charge is 2.12. The molecule has 0 aliphatic rings. The quantitative estimate of drug-likeness (QED) is 0.349. The lowest BCUT2D eigenvalue weighted by molar-refractivity contribution is 0.0892. The van der Waals surface area contributed by atoms with Gasteiger partial charge in [0.15, 0.2) is 5.52 Å². The zero-order valence-corrected chi connectivity index (χ0v) is 9.59. The van der Waals surface area contributed by atoms with Gasteiger partial charge in [-0.15, -0.1) is 0 Å². The third-order valence-corrected chi connectivity index (χ3v) is 2.23. The summed E-state index contributed by atoms with van der Waals surface area (Å²) in [5.74, 6) is -0.0726. The third kappa shape index (κ3) is 2.56. The number of fused-ring (bicyclic) bond motifs is 1. The van der Waals surface area contributed by atoms with Crippen LogP contribution in [0.2, 0.25) is 0 Å². The molecule has 0 bridgehead atoms. The van der Waals surface area contributed by atoms with Crippen molar-refractivity contribution in [3.8, 4) is 0 Å². The van der Waals surface area contributed by atoms with Crippen LogP contribution in [-0.4, -0.2) is 44.0 Å². The minimum Gasteiger partial charge on any atom is -0.410 e. The standard InChI is InChI=1S/C8H10N8O3/c9-8-12-6-5(7(18)13-8)11-3-16(6)19-2-4(1-17)14-15-10/h3-4,17H,1-2H2,(H3,9,12,13,18). The molecular formula is C8H10N8O3. The highest BCUT2D eigenvalue weighted by molar-refractivity contribution is 5.69. The van der Waals surface area contributed by atoms with Crippen molar-refractivity contribution in [2.75, 3.05) is 18.9 Å². The van der Waals surface area contributed by atoms with E-state index in [2.05, 4.69) is 25.0 Å². The number of azide groups is 1. The Kier molecular flexibility index (Phi) is 3.50. The van der Waals surface area contributed by atoms with E-state index < -0.39 is 11.6 Å². The number of aliphatic hydroxyl groups is 1. The summed E-state index contributed by atoms with van der Waals surface area (Å²) < 4.78 is 1.12. The number of imidazole rings is 1. The van der Waals surface area contributed by atoms with E-state index in [0.717, 1.165) is 4.73 Å². The molecular weight excluding hydrogens is 256 g/mol. The van der Waals surface area contributed by atoms with Gasteiger partial charge in [-0.2, -0.15) is 9.71 Å². The maximum absolute atomic E-state index is 11.5. The SMILES string of the molecule is [N-]=[N+]=NC(CO)COn1cnc2c(=O)[nH]c(N)nc21. The zero-order chi connectivity index (χ0) is 13.8. The first-order valence-electron chi connectivity index (χ1n) is 5.17. The van der Waals surface area contributed by atoms with Gasteiger partial charge in [0.1, 0.15) is 12.9 Å². The van der Waals surface area contributed by atoms with Crippen LogP contribution in [0.4, 0.5) is 5.95 Å². The smallest absolute Gasteiger partial charge is 0.280 e. The minimum absolute atomic E-state index is 0.0681. The summed E-state index contributed by atoms with van der Waals surface area (Å²) in [4.78, 5) is 29.3. The van der Waals surface area contributed by atoms with Crippen LogP contribution in [-0.2, 0) is 0 Å². The van der Waals surface area contributed by atoms with Crippen molar-refractivity contribution in [1.82, 2.24) is 19.7 Å². The largest absolute Gasteiger partial charge is 0.410 e. The Morgan fingerprint density at radius 1 is 1.74 bits per heavy atom. The van der Waals surface area contributed by atoms with Crippen molar-refractivity contribution in [3.63, 3.8) is 0 Å². The Morgan fingerprint density at radius 3 is 3.21 bits per heavy atom. The van der Waals surface area contributed by atoms with Crippen LogP contribution >= 0.6 is 0 Å². The number of nitrogens with zero attached hydrogens (tertiary/aromatic N) is 6. The van der Waals surface area contributed by atoms with Crippen LogP contribution in [0.15, 0.2) is 16.2 Å². The minimum atomic E-state index is -0.748. The first-order valence-corrected chi connectivity index (χ1v) is 5.17. The molecule has 2 aromatic heterocycles. The van der Waals surface area contributed by atoms with Crippen molar-refractivity contribution in [2.24, 2.45) is 5.11 Å². The van der Waals surface area contributed by atoms with Gasteiger partial charge >= 0.3 is 0 Å². The highest BCUT2D eigenvalue weighted by atomic mass is 16.7. The summed E-state index contributed by atoms with van der Waals surface area (Å²) in [6.45, 7) is -0.465. The number of aliphatic hydroxyl groups excluding tert-OH is 1. The summed E-state index contributed by atoms with van der Waals surface area (Å²) in [6, 6.07) is -0.748. The molecule has 2 rings (SSSR count). The molecule has 0 aromatic carbocycles. The van der Waals surface area contributed by atoms with Gasteiger partial charge in [-0.05, 0) is 5.53 Å². The zero-order valence-electron chi connectivity index (χ0n) is 9.59. The van der Waals surface area contributed by atoms with Crippen molar-refractivity contribution in [3.05, 3.63) is 27.1 Å². The molecule has 0 amide bonds. The maximum atomic E-state index is 11.5. The van der Waals surface area contributed by atoms with Gasteiger partial charge in [0.25, 0.3) is 5.56 Å². The number of hydrogen-bond donors (Lipinski definition) is 3. The highest BCUT2D eigenvalue weighted by Crippen LogP contribution is 2.04. The average Bonchev–Trinajstić information content (AvgIpc) is 2.78. The van der Waals surface area contributed by atoms with Crippen LogP contribution < -0.4 is 16.1 Å². The predicted molar refractivity (Wildman–Crippen MR) is 64.0 cm³/mol. The number of rotatable bonds is 5. The number of hydrogen-bond acceptors (Lipinski definition) is 7. The van der Waals surface area contributed by atoms with Crippen molar-refractivity contribution in [2.45, 2.75) is 6.04 Å². The summed E-state index contributed by atoms with van der Waals surface area (Å²) in [5.41, 5.74) is 13.4. The molecule has 2 aromatic rings. The van der Waals surface area contributed by atoms with Crippen molar-refractivity contribution >= 4 is 17.1 Å². The topological polar surface area (TPSA) is 168 Å². The summed E-state index contributed by atoms with van der Waals surface area (Å²) >= 11 is 0. The predicted octanol–water partition coefficient (Wildman–Crippen LogP) is -1.20. The van der Waals surface area contributed by atoms with E-state index in [1.54, 1.807) is 0 Å². The molecule has 100 valence electrons. The van der Waals surface area contributed by atoms with Gasteiger partial charge in [0.2, 0.25) is 11.6 Å². The van der Waals surface area contributed by atoms with E-state index in [4.69, 9.17) is 21.2 Å². The molecule has 0 aliphatic carbocycles. The fourth-order valence-electron chi connectivity index (χ4n) is 1.36. The van der Waals surface area contributed by atoms with Gasteiger partial charge in [0, 0.05) is 4.91 Å². The monoisotopic (exact) mass is 266 g/mol. The first-order chi connectivity index (χ1) is 9.15. The molecule has 0 saturated carbocycles. The van der Waals surface area contributed by atoms with Gasteiger partial charge in [0.05, 0.1) is 12.6 Å². The second kappa shape index (κ2) is 5.25. The fourth-order valence-corrected chi connectivity index (χ4v) is 1.36. The van der Waals surface area contributed by atoms with Crippen LogP contribution in [0.5, 0.6) is 0 Å². The molecule has 1 atom stereocenters. The fraction of sp³-hybridized carbons (Fsp3) is 0.375. The molecule has 4 N–H and O–H groups in total. The lowest BCUT2D eigenvalue weighted by Crippen LogP contribution is -2.25. The van der Waals surface area contributed by atoms with Crippen LogP contribution in [0.3, 0.4) is 0 Å². The third-order valence-electron chi connectivity index (χ3n) is 2.23. The van der Waals surface area contributed by atoms with E-state index >= 15 is 0 Å². The molecule has 11 nitrogen and oxygen atoms in total. The van der Waals surface area contributed by atoms with E-state index in [9.17, 15) is 4.79 Å². The van der Waals surface area contributed by atoms with Crippen molar-refractivity contribution in [1.29, 1.82) is 0 Å².